The van der Waals surface area contributed by atoms with Gasteiger partial charge in [0.1, 0.15) is 0 Å². The fourth-order valence-corrected chi connectivity index (χ4v) is 2.39. The first-order valence-electron chi connectivity index (χ1n) is 5.06. The molecule has 3 heteroatoms. The fraction of sp³-hybridized carbons (Fsp3) is 0.545. The van der Waals surface area contributed by atoms with Gasteiger partial charge in [-0.05, 0) is 18.6 Å². The molecule has 2 nitrogen and oxygen atoms in total. The minimum absolute atomic E-state index is 0.108. The Labute approximate surface area is 88.8 Å². The van der Waals surface area contributed by atoms with Gasteiger partial charge in [0, 0.05) is 11.3 Å². The van der Waals surface area contributed by atoms with Crippen LogP contribution in [0.4, 0.5) is 0 Å². The third kappa shape index (κ3) is 2.35. The summed E-state index contributed by atoms with van der Waals surface area (Å²) in [5.74, 6) is 0. The highest BCUT2D eigenvalue weighted by Crippen LogP contribution is 2.30. The molecular weight excluding hydrogens is 196 g/mol. The zero-order chi connectivity index (χ0) is 9.80. The van der Waals surface area contributed by atoms with E-state index in [1.54, 1.807) is 11.3 Å². The normalized spacial score (nSPS) is 17.8. The first-order chi connectivity index (χ1) is 6.90. The summed E-state index contributed by atoms with van der Waals surface area (Å²) in [6, 6.07) is 4.24. The topological polar surface area (TPSA) is 18.5 Å². The van der Waals surface area contributed by atoms with Crippen molar-refractivity contribution in [3.05, 3.63) is 28.3 Å². The molecule has 1 saturated heterocycles. The lowest BCUT2D eigenvalue weighted by Gasteiger charge is -2.04. The van der Waals surface area contributed by atoms with Gasteiger partial charge in [-0.25, -0.2) is 0 Å². The number of hydrogen-bond donors (Lipinski definition) is 0. The van der Waals surface area contributed by atoms with Crippen LogP contribution in [-0.2, 0) is 9.47 Å². The second kappa shape index (κ2) is 4.91. The minimum Gasteiger partial charge on any atom is -0.345 e. The van der Waals surface area contributed by atoms with E-state index >= 15 is 0 Å². The number of ether oxygens (including phenoxy) is 2. The van der Waals surface area contributed by atoms with Gasteiger partial charge in [-0.1, -0.05) is 13.3 Å². The second-order valence-electron chi connectivity index (χ2n) is 3.31. The lowest BCUT2D eigenvalue weighted by atomic mass is 10.2. The van der Waals surface area contributed by atoms with E-state index in [0.29, 0.717) is 0 Å². The van der Waals surface area contributed by atoms with Crippen LogP contribution in [0.3, 0.4) is 0 Å². The summed E-state index contributed by atoms with van der Waals surface area (Å²) in [5.41, 5.74) is 0. The van der Waals surface area contributed by atoms with Crippen LogP contribution in [0.15, 0.2) is 12.1 Å². The molecule has 0 aliphatic carbocycles. The summed E-state index contributed by atoms with van der Waals surface area (Å²) in [6.45, 7) is 3.63. The van der Waals surface area contributed by atoms with Crippen molar-refractivity contribution in [3.63, 3.8) is 0 Å². The fourth-order valence-electron chi connectivity index (χ4n) is 1.41. The number of rotatable bonds is 4. The summed E-state index contributed by atoms with van der Waals surface area (Å²) in [4.78, 5) is 2.51. The van der Waals surface area contributed by atoms with Crippen LogP contribution in [-0.4, -0.2) is 13.2 Å². The maximum absolute atomic E-state index is 5.43. The van der Waals surface area contributed by atoms with Gasteiger partial charge < -0.3 is 9.47 Å². The Morgan fingerprint density at radius 1 is 1.43 bits per heavy atom. The van der Waals surface area contributed by atoms with Gasteiger partial charge in [-0.3, -0.25) is 0 Å². The third-order valence-corrected chi connectivity index (χ3v) is 3.24. The summed E-state index contributed by atoms with van der Waals surface area (Å²) >= 11 is 1.76. The highest BCUT2D eigenvalue weighted by atomic mass is 32.1. The van der Waals surface area contributed by atoms with E-state index in [0.717, 1.165) is 19.6 Å². The quantitative estimate of drug-likeness (QED) is 0.761. The van der Waals surface area contributed by atoms with E-state index in [4.69, 9.17) is 9.47 Å². The lowest BCUT2D eigenvalue weighted by Crippen LogP contribution is -1.93. The zero-order valence-corrected chi connectivity index (χ0v) is 9.18. The molecule has 2 heterocycles. The Balaban J connectivity index is 1.94. The van der Waals surface area contributed by atoms with Gasteiger partial charge in [0.05, 0.1) is 18.1 Å². The van der Waals surface area contributed by atoms with E-state index in [1.165, 1.54) is 16.2 Å². The molecule has 0 saturated carbocycles. The Kier molecular flexibility index (Phi) is 3.56. The minimum atomic E-state index is -0.108. The van der Waals surface area contributed by atoms with Crippen molar-refractivity contribution >= 4 is 11.3 Å². The van der Waals surface area contributed by atoms with Crippen molar-refractivity contribution in [2.75, 3.05) is 13.2 Å². The van der Waals surface area contributed by atoms with E-state index < -0.39 is 0 Å². The van der Waals surface area contributed by atoms with Crippen LogP contribution in [0.1, 0.15) is 35.8 Å². The first kappa shape index (κ1) is 10.1. The molecule has 1 aliphatic heterocycles. The molecule has 0 spiro atoms. The Bertz CT molecular complexity index is 277. The van der Waals surface area contributed by atoms with Crippen LogP contribution < -0.4 is 0 Å². The number of unbranched alkanes of at least 4 members (excludes halogenated alkanes) is 1. The molecule has 1 radical (unpaired) electrons. The summed E-state index contributed by atoms with van der Waals surface area (Å²) < 4.78 is 10.9. The van der Waals surface area contributed by atoms with Gasteiger partial charge in [0.2, 0.25) is 0 Å². The molecule has 1 aliphatic rings. The maximum Gasteiger partial charge on any atom is 0.193 e. The van der Waals surface area contributed by atoms with Gasteiger partial charge in [0.15, 0.2) is 6.29 Å². The molecule has 0 bridgehead atoms. The molecule has 0 unspecified atom stereocenters. The Hall–Kier alpha value is -0.380. The Morgan fingerprint density at radius 3 is 2.93 bits per heavy atom. The van der Waals surface area contributed by atoms with E-state index in [2.05, 4.69) is 25.5 Å². The molecular formula is C11H15O2S. The number of hydrogen-bond acceptors (Lipinski definition) is 3. The zero-order valence-electron chi connectivity index (χ0n) is 8.36. The molecule has 1 aromatic heterocycles. The Morgan fingerprint density at radius 2 is 2.21 bits per heavy atom. The monoisotopic (exact) mass is 211 g/mol. The van der Waals surface area contributed by atoms with Gasteiger partial charge >= 0.3 is 0 Å². The predicted molar refractivity (Wildman–Crippen MR) is 57.3 cm³/mol. The van der Waals surface area contributed by atoms with Gasteiger partial charge in [-0.2, -0.15) is 0 Å². The highest BCUT2D eigenvalue weighted by molar-refractivity contribution is 7.12. The molecule has 0 amide bonds. The number of thiophene rings is 1. The van der Waals surface area contributed by atoms with Crippen LogP contribution in [0, 0.1) is 6.42 Å². The first-order valence-corrected chi connectivity index (χ1v) is 5.88. The molecule has 0 aromatic carbocycles. The molecule has 1 fully saturated rings. The highest BCUT2D eigenvalue weighted by Gasteiger charge is 2.19. The largest absolute Gasteiger partial charge is 0.345 e. The molecule has 0 atom stereocenters. The van der Waals surface area contributed by atoms with Crippen molar-refractivity contribution < 1.29 is 9.47 Å². The van der Waals surface area contributed by atoms with Crippen LogP contribution in [0.25, 0.3) is 0 Å². The van der Waals surface area contributed by atoms with Crippen molar-refractivity contribution in [2.45, 2.75) is 26.1 Å². The SMILES string of the molecule is CCC[CH]c1ccc(C2OCCO2)s1. The average molecular weight is 211 g/mol. The van der Waals surface area contributed by atoms with Crippen LogP contribution in [0.5, 0.6) is 0 Å². The molecule has 0 N–H and O–H groups in total. The van der Waals surface area contributed by atoms with E-state index in [1.807, 2.05) is 0 Å². The summed E-state index contributed by atoms with van der Waals surface area (Å²) in [6.07, 6.45) is 4.50. The van der Waals surface area contributed by atoms with Crippen molar-refractivity contribution in [1.82, 2.24) is 0 Å². The van der Waals surface area contributed by atoms with Crippen LogP contribution in [0.2, 0.25) is 0 Å². The third-order valence-electron chi connectivity index (χ3n) is 2.14. The molecule has 77 valence electrons. The second-order valence-corrected chi connectivity index (χ2v) is 4.45. The van der Waals surface area contributed by atoms with Gasteiger partial charge in [0.25, 0.3) is 0 Å². The molecule has 2 rings (SSSR count). The smallest absolute Gasteiger partial charge is 0.193 e. The van der Waals surface area contributed by atoms with E-state index in [9.17, 15) is 0 Å². The van der Waals surface area contributed by atoms with Crippen molar-refractivity contribution in [2.24, 2.45) is 0 Å². The molecule has 1 aromatic rings. The maximum atomic E-state index is 5.43. The predicted octanol–water partition coefficient (Wildman–Crippen LogP) is 3.15. The standard InChI is InChI=1S/C11H15O2S/c1-2-3-4-9-5-6-10(14-9)11-12-7-8-13-11/h4-6,11H,2-3,7-8H2,1H3. The summed E-state index contributed by atoms with van der Waals surface area (Å²) in [7, 11) is 0. The summed E-state index contributed by atoms with van der Waals surface area (Å²) in [5, 5.41) is 0. The van der Waals surface area contributed by atoms with E-state index in [-0.39, 0.29) is 6.29 Å². The lowest BCUT2D eigenvalue weighted by molar-refractivity contribution is -0.0413. The van der Waals surface area contributed by atoms with Gasteiger partial charge in [-0.15, -0.1) is 11.3 Å². The average Bonchev–Trinajstić information content (AvgIpc) is 2.85. The van der Waals surface area contributed by atoms with Crippen molar-refractivity contribution in [3.8, 4) is 0 Å². The van der Waals surface area contributed by atoms with Crippen LogP contribution >= 0.6 is 11.3 Å². The van der Waals surface area contributed by atoms with Crippen molar-refractivity contribution in [1.29, 1.82) is 0 Å². The molecule has 14 heavy (non-hydrogen) atoms.